The summed E-state index contributed by atoms with van der Waals surface area (Å²) in [4.78, 5) is 13.1. The van der Waals surface area contributed by atoms with Gasteiger partial charge in [0.1, 0.15) is 0 Å². The molecule has 0 bridgehead atoms. The summed E-state index contributed by atoms with van der Waals surface area (Å²) in [5.74, 6) is 0.260. The lowest BCUT2D eigenvalue weighted by atomic mass is 10.1. The first-order valence-corrected chi connectivity index (χ1v) is 6.10. The average molecular weight is 236 g/mol. The summed E-state index contributed by atoms with van der Waals surface area (Å²) < 4.78 is 1.82. The third-order valence-electron chi connectivity index (χ3n) is 3.23. The number of rotatable bonds is 4. The van der Waals surface area contributed by atoms with Gasteiger partial charge in [-0.25, -0.2) is 0 Å². The first kappa shape index (κ1) is 12.1. The minimum Gasteiger partial charge on any atom is -0.344 e. The Morgan fingerprint density at radius 3 is 3.00 bits per heavy atom. The van der Waals surface area contributed by atoms with Crippen LogP contribution in [0.3, 0.4) is 0 Å². The minimum atomic E-state index is 0.260. The van der Waals surface area contributed by atoms with Crippen LogP contribution in [0.1, 0.15) is 18.4 Å². The van der Waals surface area contributed by atoms with Crippen molar-refractivity contribution >= 4 is 5.91 Å². The van der Waals surface area contributed by atoms with Crippen LogP contribution in [0.5, 0.6) is 0 Å². The molecule has 1 atom stereocenters. The second-order valence-corrected chi connectivity index (χ2v) is 4.74. The molecule has 5 heteroatoms. The Morgan fingerprint density at radius 2 is 2.35 bits per heavy atom. The summed E-state index contributed by atoms with van der Waals surface area (Å²) >= 11 is 0. The molecule has 0 radical (unpaired) electrons. The van der Waals surface area contributed by atoms with E-state index in [-0.39, 0.29) is 5.91 Å². The van der Waals surface area contributed by atoms with Crippen molar-refractivity contribution in [3.8, 4) is 0 Å². The topological polar surface area (TPSA) is 50.2 Å². The Hall–Kier alpha value is -1.36. The molecule has 2 heterocycles. The largest absolute Gasteiger partial charge is 0.344 e. The zero-order valence-corrected chi connectivity index (χ0v) is 10.5. The summed E-state index contributed by atoms with van der Waals surface area (Å²) in [6.45, 7) is 1.77. The first-order valence-electron chi connectivity index (χ1n) is 6.10. The van der Waals surface area contributed by atoms with Gasteiger partial charge in [0.2, 0.25) is 5.91 Å². The van der Waals surface area contributed by atoms with Crippen molar-refractivity contribution in [2.75, 3.05) is 20.1 Å². The normalized spacial score (nSPS) is 20.9. The fourth-order valence-electron chi connectivity index (χ4n) is 2.20. The van der Waals surface area contributed by atoms with E-state index in [4.69, 9.17) is 0 Å². The van der Waals surface area contributed by atoms with Gasteiger partial charge in [-0.2, -0.15) is 5.10 Å². The van der Waals surface area contributed by atoms with Crippen LogP contribution in [0, 0.1) is 0 Å². The summed E-state index contributed by atoms with van der Waals surface area (Å²) in [6.07, 6.45) is 6.55. The standard InChI is InChI=1S/C12H20N4O/c1-15-9-11(3-4-12(15)17)13-6-5-10-7-14-16(2)8-10/h7-8,11,13H,3-6,9H2,1-2H3. The van der Waals surface area contributed by atoms with E-state index in [1.54, 1.807) is 0 Å². The molecule has 0 aromatic carbocycles. The molecule has 1 aliphatic rings. The number of carbonyl (C=O) groups excluding carboxylic acids is 1. The van der Waals surface area contributed by atoms with Crippen molar-refractivity contribution in [2.24, 2.45) is 7.05 Å². The molecule has 0 saturated carbocycles. The first-order chi connectivity index (χ1) is 8.15. The predicted molar refractivity (Wildman–Crippen MR) is 65.6 cm³/mol. The third-order valence-corrected chi connectivity index (χ3v) is 3.23. The zero-order valence-electron chi connectivity index (χ0n) is 10.5. The third kappa shape index (κ3) is 3.30. The monoisotopic (exact) mass is 236 g/mol. The van der Waals surface area contributed by atoms with Crippen LogP contribution in [0.15, 0.2) is 12.4 Å². The number of aryl methyl sites for hydroxylation is 1. The molecule has 1 aliphatic heterocycles. The Bertz CT molecular complexity index is 388. The van der Waals surface area contributed by atoms with Crippen LogP contribution in [0.4, 0.5) is 0 Å². The highest BCUT2D eigenvalue weighted by Crippen LogP contribution is 2.09. The maximum atomic E-state index is 11.3. The van der Waals surface area contributed by atoms with Crippen LogP contribution >= 0.6 is 0 Å². The van der Waals surface area contributed by atoms with Gasteiger partial charge in [-0.1, -0.05) is 0 Å². The van der Waals surface area contributed by atoms with Gasteiger partial charge in [0.05, 0.1) is 6.20 Å². The van der Waals surface area contributed by atoms with E-state index in [9.17, 15) is 4.79 Å². The van der Waals surface area contributed by atoms with Crippen LogP contribution in [0.2, 0.25) is 0 Å². The summed E-state index contributed by atoms with van der Waals surface area (Å²) in [6, 6.07) is 0.439. The molecule has 1 amide bonds. The van der Waals surface area contributed by atoms with Crippen molar-refractivity contribution in [2.45, 2.75) is 25.3 Å². The molecule has 0 spiro atoms. The molecule has 0 aliphatic carbocycles. The highest BCUT2D eigenvalue weighted by molar-refractivity contribution is 5.76. The van der Waals surface area contributed by atoms with E-state index in [1.807, 2.05) is 36.1 Å². The maximum absolute atomic E-state index is 11.3. The number of piperidine rings is 1. The van der Waals surface area contributed by atoms with Gasteiger partial charge in [-0.05, 0) is 24.9 Å². The molecule has 94 valence electrons. The smallest absolute Gasteiger partial charge is 0.222 e. The maximum Gasteiger partial charge on any atom is 0.222 e. The number of nitrogens with one attached hydrogen (secondary N) is 1. The van der Waals surface area contributed by atoms with Crippen molar-refractivity contribution in [3.63, 3.8) is 0 Å². The van der Waals surface area contributed by atoms with Gasteiger partial charge in [0, 0.05) is 39.3 Å². The summed E-state index contributed by atoms with van der Waals surface area (Å²) in [5, 5.41) is 7.64. The Labute approximate surface area is 102 Å². The number of aromatic nitrogens is 2. The quantitative estimate of drug-likeness (QED) is 0.811. The number of hydrogen-bond donors (Lipinski definition) is 1. The van der Waals surface area contributed by atoms with E-state index in [2.05, 4.69) is 10.4 Å². The number of carbonyl (C=O) groups is 1. The molecule has 5 nitrogen and oxygen atoms in total. The number of likely N-dealkylation sites (tertiary alicyclic amines) is 1. The molecule has 17 heavy (non-hydrogen) atoms. The van der Waals surface area contributed by atoms with Crippen molar-refractivity contribution in [1.29, 1.82) is 0 Å². The fraction of sp³-hybridized carbons (Fsp3) is 0.667. The summed E-state index contributed by atoms with van der Waals surface area (Å²) in [5.41, 5.74) is 1.25. The van der Waals surface area contributed by atoms with Crippen molar-refractivity contribution in [1.82, 2.24) is 20.0 Å². The van der Waals surface area contributed by atoms with E-state index < -0.39 is 0 Å². The Kier molecular flexibility index (Phi) is 3.78. The van der Waals surface area contributed by atoms with Crippen molar-refractivity contribution < 1.29 is 4.79 Å². The SMILES string of the molecule is CN1CC(NCCc2cnn(C)c2)CCC1=O. The van der Waals surface area contributed by atoms with Crippen LogP contribution in [-0.2, 0) is 18.3 Å². The van der Waals surface area contributed by atoms with E-state index in [1.165, 1.54) is 5.56 Å². The van der Waals surface area contributed by atoms with Crippen LogP contribution < -0.4 is 5.32 Å². The Morgan fingerprint density at radius 1 is 1.53 bits per heavy atom. The minimum absolute atomic E-state index is 0.260. The van der Waals surface area contributed by atoms with Gasteiger partial charge in [-0.15, -0.1) is 0 Å². The second kappa shape index (κ2) is 5.31. The summed E-state index contributed by atoms with van der Waals surface area (Å²) in [7, 11) is 3.80. The highest BCUT2D eigenvalue weighted by Gasteiger charge is 2.21. The molecule has 1 aromatic heterocycles. The predicted octanol–water partition coefficient (Wildman–Crippen LogP) is 0.173. The molecule has 1 N–H and O–H groups in total. The van der Waals surface area contributed by atoms with Crippen LogP contribution in [-0.4, -0.2) is 46.8 Å². The average Bonchev–Trinajstić information content (AvgIpc) is 2.70. The molecular weight excluding hydrogens is 216 g/mol. The van der Waals surface area contributed by atoms with Gasteiger partial charge in [0.15, 0.2) is 0 Å². The van der Waals surface area contributed by atoms with Gasteiger partial charge >= 0.3 is 0 Å². The lowest BCUT2D eigenvalue weighted by molar-refractivity contribution is -0.132. The molecule has 1 aromatic rings. The molecule has 2 rings (SSSR count). The van der Waals surface area contributed by atoms with Gasteiger partial charge < -0.3 is 10.2 Å². The van der Waals surface area contributed by atoms with Crippen molar-refractivity contribution in [3.05, 3.63) is 18.0 Å². The number of hydrogen-bond acceptors (Lipinski definition) is 3. The number of amides is 1. The molecule has 1 saturated heterocycles. The molecule has 1 unspecified atom stereocenters. The lowest BCUT2D eigenvalue weighted by Gasteiger charge is -2.30. The van der Waals surface area contributed by atoms with E-state index in [0.29, 0.717) is 12.5 Å². The van der Waals surface area contributed by atoms with Crippen LogP contribution in [0.25, 0.3) is 0 Å². The van der Waals surface area contributed by atoms with Gasteiger partial charge in [0.25, 0.3) is 0 Å². The van der Waals surface area contributed by atoms with E-state index >= 15 is 0 Å². The molecule has 1 fully saturated rings. The number of nitrogens with zero attached hydrogens (tertiary/aromatic N) is 3. The lowest BCUT2D eigenvalue weighted by Crippen LogP contribution is -2.47. The second-order valence-electron chi connectivity index (χ2n) is 4.74. The number of likely N-dealkylation sites (N-methyl/N-ethyl adjacent to an activating group) is 1. The highest BCUT2D eigenvalue weighted by atomic mass is 16.2. The molecular formula is C12H20N4O. The van der Waals surface area contributed by atoms with Gasteiger partial charge in [-0.3, -0.25) is 9.48 Å². The Balaban J connectivity index is 1.70. The fourth-order valence-corrected chi connectivity index (χ4v) is 2.20. The van der Waals surface area contributed by atoms with E-state index in [0.717, 1.165) is 25.9 Å². The zero-order chi connectivity index (χ0) is 12.3.